The summed E-state index contributed by atoms with van der Waals surface area (Å²) >= 11 is 1.66. The Morgan fingerprint density at radius 1 is 1.38 bits per heavy atom. The molecule has 0 unspecified atom stereocenters. The Morgan fingerprint density at radius 3 is 2.52 bits per heavy atom. The van der Waals surface area contributed by atoms with Crippen LogP contribution in [-0.4, -0.2) is 14.3 Å². The molecule has 114 valence electrons. The number of thiophene rings is 1. The van der Waals surface area contributed by atoms with Crippen LogP contribution in [0.4, 0.5) is 0 Å². The molecule has 8 heteroatoms. The van der Waals surface area contributed by atoms with Gasteiger partial charge in [-0.25, -0.2) is 13.6 Å². The number of aryl methyl sites for hydroxylation is 2. The minimum Gasteiger partial charge on any atom is -0.438 e. The molecular formula is C13H16N2O4S2. The molecule has 1 amide bonds. The molecule has 0 spiro atoms. The van der Waals surface area contributed by atoms with Crippen molar-refractivity contribution in [3.63, 3.8) is 0 Å². The minimum atomic E-state index is -3.94. The fourth-order valence-electron chi connectivity index (χ4n) is 2.02. The molecule has 21 heavy (non-hydrogen) atoms. The summed E-state index contributed by atoms with van der Waals surface area (Å²) in [6.45, 7) is 5.85. The van der Waals surface area contributed by atoms with Gasteiger partial charge >= 0.3 is 0 Å². The van der Waals surface area contributed by atoms with Gasteiger partial charge in [0.25, 0.3) is 15.9 Å². The molecule has 0 radical (unpaired) electrons. The average Bonchev–Trinajstić information content (AvgIpc) is 2.95. The van der Waals surface area contributed by atoms with Crippen LogP contribution in [0.5, 0.6) is 0 Å². The molecule has 0 aliphatic rings. The van der Waals surface area contributed by atoms with Crippen LogP contribution in [0.3, 0.4) is 0 Å². The van der Waals surface area contributed by atoms with Gasteiger partial charge in [0.15, 0.2) is 5.76 Å². The zero-order chi connectivity index (χ0) is 15.8. The lowest BCUT2D eigenvalue weighted by Gasteiger charge is -2.12. The van der Waals surface area contributed by atoms with Crippen LogP contribution in [0.15, 0.2) is 27.7 Å². The van der Waals surface area contributed by atoms with Crippen LogP contribution in [-0.2, 0) is 10.0 Å². The van der Waals surface area contributed by atoms with Gasteiger partial charge in [0.05, 0.1) is 6.04 Å². The third-order valence-electron chi connectivity index (χ3n) is 2.98. The van der Waals surface area contributed by atoms with E-state index in [2.05, 4.69) is 5.32 Å². The second-order valence-electron chi connectivity index (χ2n) is 4.73. The van der Waals surface area contributed by atoms with E-state index in [0.29, 0.717) is 0 Å². The van der Waals surface area contributed by atoms with Crippen molar-refractivity contribution in [3.05, 3.63) is 39.3 Å². The molecule has 2 aromatic heterocycles. The van der Waals surface area contributed by atoms with Crippen molar-refractivity contribution in [3.8, 4) is 0 Å². The number of nitrogens with two attached hydrogens (primary N) is 1. The van der Waals surface area contributed by atoms with Crippen LogP contribution in [0.25, 0.3) is 0 Å². The van der Waals surface area contributed by atoms with E-state index in [-0.39, 0.29) is 11.8 Å². The number of hydrogen-bond acceptors (Lipinski definition) is 5. The second-order valence-corrected chi connectivity index (χ2v) is 7.68. The second kappa shape index (κ2) is 5.63. The summed E-state index contributed by atoms with van der Waals surface area (Å²) in [5.41, 5.74) is 1.03. The first kappa shape index (κ1) is 15.7. The van der Waals surface area contributed by atoms with Crippen molar-refractivity contribution < 1.29 is 17.6 Å². The molecule has 0 aliphatic carbocycles. The third-order valence-corrected chi connectivity index (χ3v) is 4.74. The summed E-state index contributed by atoms with van der Waals surface area (Å²) < 4.78 is 27.2. The molecule has 2 aromatic rings. The molecule has 0 bridgehead atoms. The van der Waals surface area contributed by atoms with Gasteiger partial charge in [-0.3, -0.25) is 4.79 Å². The van der Waals surface area contributed by atoms with Crippen LogP contribution in [0.1, 0.15) is 38.8 Å². The predicted octanol–water partition coefficient (Wildman–Crippen LogP) is 2.10. The fourth-order valence-corrected chi connectivity index (χ4v) is 3.51. The lowest BCUT2D eigenvalue weighted by Crippen LogP contribution is -2.26. The van der Waals surface area contributed by atoms with Gasteiger partial charge in [0.2, 0.25) is 5.09 Å². The molecule has 2 rings (SSSR count). The number of rotatable bonds is 4. The van der Waals surface area contributed by atoms with Crippen molar-refractivity contribution >= 4 is 27.3 Å². The highest BCUT2D eigenvalue weighted by Gasteiger charge is 2.20. The van der Waals surface area contributed by atoms with E-state index in [1.807, 2.05) is 26.8 Å². The Hall–Kier alpha value is -1.64. The molecule has 2 heterocycles. The summed E-state index contributed by atoms with van der Waals surface area (Å²) in [7, 11) is -3.94. The van der Waals surface area contributed by atoms with Gasteiger partial charge in [-0.05, 0) is 44.5 Å². The van der Waals surface area contributed by atoms with Crippen LogP contribution in [0, 0.1) is 13.8 Å². The molecule has 3 N–H and O–H groups in total. The van der Waals surface area contributed by atoms with Crippen molar-refractivity contribution in [2.75, 3.05) is 0 Å². The van der Waals surface area contributed by atoms with E-state index in [1.165, 1.54) is 6.07 Å². The highest BCUT2D eigenvalue weighted by atomic mass is 32.2. The van der Waals surface area contributed by atoms with E-state index in [0.717, 1.165) is 21.4 Å². The highest BCUT2D eigenvalue weighted by Crippen LogP contribution is 2.26. The number of furan rings is 1. The molecule has 0 saturated carbocycles. The number of sulfonamides is 1. The summed E-state index contributed by atoms with van der Waals surface area (Å²) in [5, 5.41) is 7.28. The van der Waals surface area contributed by atoms with E-state index in [9.17, 15) is 13.2 Å². The van der Waals surface area contributed by atoms with E-state index in [1.54, 1.807) is 11.3 Å². The normalized spacial score (nSPS) is 13.1. The van der Waals surface area contributed by atoms with Crippen LogP contribution >= 0.6 is 11.3 Å². The third kappa shape index (κ3) is 3.52. The minimum absolute atomic E-state index is 0.0875. The predicted molar refractivity (Wildman–Crippen MR) is 79.8 cm³/mol. The summed E-state index contributed by atoms with van der Waals surface area (Å²) in [4.78, 5) is 14.3. The number of primary sulfonamides is 1. The van der Waals surface area contributed by atoms with Gasteiger partial charge < -0.3 is 9.73 Å². The van der Waals surface area contributed by atoms with E-state index < -0.39 is 21.0 Å². The number of carbonyl (C=O) groups is 1. The molecular weight excluding hydrogens is 312 g/mol. The number of nitrogens with one attached hydrogen (secondary N) is 1. The molecule has 0 aromatic carbocycles. The van der Waals surface area contributed by atoms with E-state index >= 15 is 0 Å². The maximum Gasteiger partial charge on any atom is 0.287 e. The molecule has 0 fully saturated rings. The van der Waals surface area contributed by atoms with Gasteiger partial charge in [0, 0.05) is 9.75 Å². The van der Waals surface area contributed by atoms with Crippen molar-refractivity contribution in [1.29, 1.82) is 0 Å². The van der Waals surface area contributed by atoms with E-state index in [4.69, 9.17) is 9.56 Å². The molecule has 1 atom stereocenters. The Kier molecular flexibility index (Phi) is 4.22. The molecule has 6 nitrogen and oxygen atoms in total. The Bertz CT molecular complexity index is 774. The Labute approximate surface area is 127 Å². The largest absolute Gasteiger partial charge is 0.438 e. The summed E-state index contributed by atoms with van der Waals surface area (Å²) in [5.74, 6) is -0.573. The lowest BCUT2D eigenvalue weighted by molar-refractivity contribution is 0.0906. The molecule has 0 saturated heterocycles. The Morgan fingerprint density at radius 2 is 2.05 bits per heavy atom. The SMILES string of the molecule is Cc1cc([C@@H](C)NC(=O)c2ccc(S(N)(=O)=O)o2)c(C)s1. The average molecular weight is 328 g/mol. The zero-order valence-electron chi connectivity index (χ0n) is 11.8. The fraction of sp³-hybridized carbons (Fsp3) is 0.308. The highest BCUT2D eigenvalue weighted by molar-refractivity contribution is 7.89. The first-order valence-electron chi connectivity index (χ1n) is 6.19. The first-order chi connectivity index (χ1) is 9.68. The summed E-state index contributed by atoms with van der Waals surface area (Å²) in [6.07, 6.45) is 0. The van der Waals surface area contributed by atoms with Gasteiger partial charge in [-0.1, -0.05) is 0 Å². The van der Waals surface area contributed by atoms with Crippen molar-refractivity contribution in [1.82, 2.24) is 5.32 Å². The van der Waals surface area contributed by atoms with Crippen molar-refractivity contribution in [2.45, 2.75) is 31.9 Å². The molecule has 0 aliphatic heterocycles. The standard InChI is InChI=1S/C13H16N2O4S2/c1-7-6-10(9(3)20-7)8(2)15-13(16)11-4-5-12(19-11)21(14,17)18/h4-6,8H,1-3H3,(H,15,16)(H2,14,17,18)/t8-/m1/s1. The van der Waals surface area contributed by atoms with Crippen LogP contribution < -0.4 is 10.5 Å². The van der Waals surface area contributed by atoms with Crippen LogP contribution in [0.2, 0.25) is 0 Å². The number of carbonyl (C=O) groups excluding carboxylic acids is 1. The van der Waals surface area contributed by atoms with Crippen molar-refractivity contribution in [2.24, 2.45) is 5.14 Å². The Balaban J connectivity index is 2.15. The topological polar surface area (TPSA) is 102 Å². The van der Waals surface area contributed by atoms with Gasteiger partial charge in [0.1, 0.15) is 0 Å². The smallest absolute Gasteiger partial charge is 0.287 e. The van der Waals surface area contributed by atoms with Gasteiger partial charge in [-0.15, -0.1) is 11.3 Å². The first-order valence-corrected chi connectivity index (χ1v) is 8.55. The quantitative estimate of drug-likeness (QED) is 0.897. The van der Waals surface area contributed by atoms with Gasteiger partial charge in [-0.2, -0.15) is 0 Å². The monoisotopic (exact) mass is 328 g/mol. The maximum atomic E-state index is 12.0. The lowest BCUT2D eigenvalue weighted by atomic mass is 10.1. The number of amides is 1. The summed E-state index contributed by atoms with van der Waals surface area (Å²) in [6, 6.07) is 4.26. The zero-order valence-corrected chi connectivity index (χ0v) is 13.5. The number of hydrogen-bond donors (Lipinski definition) is 2. The maximum absolute atomic E-state index is 12.0.